The molecule has 0 aliphatic heterocycles. The van der Waals surface area contributed by atoms with Gasteiger partial charge in [-0.05, 0) is 47.5 Å². The van der Waals surface area contributed by atoms with Crippen LogP contribution in [0.5, 0.6) is 0 Å². The van der Waals surface area contributed by atoms with E-state index >= 15 is 0 Å². The molecule has 1 unspecified atom stereocenters. The second kappa shape index (κ2) is 5.85. The Labute approximate surface area is 119 Å². The summed E-state index contributed by atoms with van der Waals surface area (Å²) in [5, 5.41) is 6.04. The van der Waals surface area contributed by atoms with Gasteiger partial charge in [0.2, 0.25) is 0 Å². The number of rotatable bonds is 4. The molecule has 0 aliphatic carbocycles. The lowest BCUT2D eigenvalue weighted by atomic mass is 9.95. The first-order valence-electron chi connectivity index (χ1n) is 6.92. The number of fused-ring (bicyclic) bond motifs is 1. The topological polar surface area (TPSA) is 24.9 Å². The molecule has 20 heavy (non-hydrogen) atoms. The SMILES string of the molecule is CNC(Cc1cccc2ccccc12)c1ccncc1. The minimum atomic E-state index is 0.309. The van der Waals surface area contributed by atoms with Crippen molar-refractivity contribution in [3.8, 4) is 0 Å². The van der Waals surface area contributed by atoms with Crippen LogP contribution in [0, 0.1) is 0 Å². The third kappa shape index (κ3) is 2.56. The third-order valence-corrected chi connectivity index (χ3v) is 3.76. The molecular formula is C18H18N2. The fourth-order valence-corrected chi connectivity index (χ4v) is 2.67. The van der Waals surface area contributed by atoms with E-state index in [0.29, 0.717) is 6.04 Å². The molecular weight excluding hydrogens is 244 g/mol. The first-order valence-corrected chi connectivity index (χ1v) is 6.92. The highest BCUT2D eigenvalue weighted by Crippen LogP contribution is 2.24. The van der Waals surface area contributed by atoms with Crippen molar-refractivity contribution in [2.45, 2.75) is 12.5 Å². The Bertz CT molecular complexity index is 687. The zero-order chi connectivity index (χ0) is 13.8. The lowest BCUT2D eigenvalue weighted by Gasteiger charge is -2.17. The molecule has 100 valence electrons. The summed E-state index contributed by atoms with van der Waals surface area (Å²) in [5.41, 5.74) is 2.65. The lowest BCUT2D eigenvalue weighted by molar-refractivity contribution is 0.593. The predicted molar refractivity (Wildman–Crippen MR) is 83.7 cm³/mol. The van der Waals surface area contributed by atoms with Gasteiger partial charge in [0.1, 0.15) is 0 Å². The van der Waals surface area contributed by atoms with E-state index in [1.54, 1.807) is 0 Å². The molecule has 0 spiro atoms. The predicted octanol–water partition coefficient (Wildman–Crippen LogP) is 3.74. The Kier molecular flexibility index (Phi) is 3.75. The summed E-state index contributed by atoms with van der Waals surface area (Å²) in [5.74, 6) is 0. The first kappa shape index (κ1) is 12.8. The van der Waals surface area contributed by atoms with Crippen molar-refractivity contribution >= 4 is 10.8 Å². The maximum Gasteiger partial charge on any atom is 0.0359 e. The number of nitrogens with zero attached hydrogens (tertiary/aromatic N) is 1. The molecule has 0 aliphatic rings. The van der Waals surface area contributed by atoms with E-state index in [1.807, 2.05) is 19.4 Å². The molecule has 1 atom stereocenters. The summed E-state index contributed by atoms with van der Waals surface area (Å²) in [7, 11) is 2.01. The zero-order valence-electron chi connectivity index (χ0n) is 11.6. The maximum absolute atomic E-state index is 4.09. The maximum atomic E-state index is 4.09. The van der Waals surface area contributed by atoms with E-state index < -0.39 is 0 Å². The van der Waals surface area contributed by atoms with Crippen molar-refractivity contribution in [2.75, 3.05) is 7.05 Å². The molecule has 1 aromatic heterocycles. The molecule has 2 aromatic carbocycles. The monoisotopic (exact) mass is 262 g/mol. The van der Waals surface area contributed by atoms with Gasteiger partial charge in [0.25, 0.3) is 0 Å². The van der Waals surface area contributed by atoms with Gasteiger partial charge in [-0.3, -0.25) is 4.98 Å². The second-order valence-electron chi connectivity index (χ2n) is 4.96. The Morgan fingerprint density at radius 1 is 0.950 bits per heavy atom. The van der Waals surface area contributed by atoms with Crippen LogP contribution in [0.25, 0.3) is 10.8 Å². The summed E-state index contributed by atoms with van der Waals surface area (Å²) in [6.07, 6.45) is 4.67. The standard InChI is InChI=1S/C18H18N2/c1-19-18(15-9-11-20-12-10-15)13-16-7-4-6-14-5-2-3-8-17(14)16/h2-12,18-19H,13H2,1H3. The number of benzene rings is 2. The van der Waals surface area contributed by atoms with Crippen molar-refractivity contribution in [3.05, 3.63) is 78.1 Å². The van der Waals surface area contributed by atoms with Crippen LogP contribution >= 0.6 is 0 Å². The van der Waals surface area contributed by atoms with Crippen molar-refractivity contribution in [3.63, 3.8) is 0 Å². The summed E-state index contributed by atoms with van der Waals surface area (Å²) in [4.78, 5) is 4.09. The molecule has 0 amide bonds. The van der Waals surface area contributed by atoms with E-state index in [4.69, 9.17) is 0 Å². The third-order valence-electron chi connectivity index (χ3n) is 3.76. The van der Waals surface area contributed by atoms with E-state index in [9.17, 15) is 0 Å². The molecule has 0 fully saturated rings. The number of pyridine rings is 1. The zero-order valence-corrected chi connectivity index (χ0v) is 11.6. The van der Waals surface area contributed by atoms with Gasteiger partial charge in [0.05, 0.1) is 0 Å². The van der Waals surface area contributed by atoms with Crippen LogP contribution < -0.4 is 5.32 Å². The number of nitrogens with one attached hydrogen (secondary N) is 1. The smallest absolute Gasteiger partial charge is 0.0359 e. The van der Waals surface area contributed by atoms with E-state index in [2.05, 4.69) is 64.9 Å². The molecule has 0 bridgehead atoms. The number of hydrogen-bond acceptors (Lipinski definition) is 2. The Hall–Kier alpha value is -2.19. The summed E-state index contributed by atoms with van der Waals surface area (Å²) >= 11 is 0. The van der Waals surface area contributed by atoms with E-state index in [1.165, 1.54) is 21.9 Å². The second-order valence-corrected chi connectivity index (χ2v) is 4.96. The van der Waals surface area contributed by atoms with Crippen molar-refractivity contribution in [2.24, 2.45) is 0 Å². The van der Waals surface area contributed by atoms with Crippen LogP contribution in [0.2, 0.25) is 0 Å². The molecule has 0 radical (unpaired) electrons. The Balaban J connectivity index is 1.96. The fraction of sp³-hybridized carbons (Fsp3) is 0.167. The van der Waals surface area contributed by atoms with Crippen LogP contribution in [0.15, 0.2) is 67.0 Å². The Morgan fingerprint density at radius 3 is 2.50 bits per heavy atom. The highest BCUT2D eigenvalue weighted by Gasteiger charge is 2.11. The first-order chi connectivity index (χ1) is 9.88. The molecule has 3 aromatic rings. The van der Waals surface area contributed by atoms with Crippen LogP contribution in [0.3, 0.4) is 0 Å². The average molecular weight is 262 g/mol. The summed E-state index contributed by atoms with van der Waals surface area (Å²) in [6, 6.07) is 19.5. The van der Waals surface area contributed by atoms with Crippen LogP contribution in [-0.4, -0.2) is 12.0 Å². The quantitative estimate of drug-likeness (QED) is 0.774. The average Bonchev–Trinajstić information content (AvgIpc) is 2.53. The lowest BCUT2D eigenvalue weighted by Crippen LogP contribution is -2.18. The van der Waals surface area contributed by atoms with Crippen molar-refractivity contribution in [1.29, 1.82) is 0 Å². The molecule has 0 saturated heterocycles. The number of aromatic nitrogens is 1. The molecule has 1 heterocycles. The van der Waals surface area contributed by atoms with Gasteiger partial charge in [0.15, 0.2) is 0 Å². The largest absolute Gasteiger partial charge is 0.313 e. The minimum Gasteiger partial charge on any atom is -0.313 e. The Morgan fingerprint density at radius 2 is 1.70 bits per heavy atom. The molecule has 2 heteroatoms. The van der Waals surface area contributed by atoms with E-state index in [-0.39, 0.29) is 0 Å². The minimum absolute atomic E-state index is 0.309. The summed E-state index contributed by atoms with van der Waals surface area (Å²) in [6.45, 7) is 0. The van der Waals surface area contributed by atoms with Gasteiger partial charge in [-0.15, -0.1) is 0 Å². The number of likely N-dealkylation sites (N-methyl/N-ethyl adjacent to an activating group) is 1. The van der Waals surface area contributed by atoms with Gasteiger partial charge in [-0.2, -0.15) is 0 Å². The summed E-state index contributed by atoms with van der Waals surface area (Å²) < 4.78 is 0. The van der Waals surface area contributed by atoms with Gasteiger partial charge < -0.3 is 5.32 Å². The van der Waals surface area contributed by atoms with Crippen LogP contribution in [0.4, 0.5) is 0 Å². The van der Waals surface area contributed by atoms with Gasteiger partial charge >= 0.3 is 0 Å². The highest BCUT2D eigenvalue weighted by atomic mass is 14.9. The van der Waals surface area contributed by atoms with Crippen LogP contribution in [0.1, 0.15) is 17.2 Å². The molecule has 1 N–H and O–H groups in total. The van der Waals surface area contributed by atoms with Crippen molar-refractivity contribution in [1.82, 2.24) is 10.3 Å². The normalized spacial score (nSPS) is 12.4. The molecule has 3 rings (SSSR count). The number of hydrogen-bond donors (Lipinski definition) is 1. The highest BCUT2D eigenvalue weighted by molar-refractivity contribution is 5.85. The van der Waals surface area contributed by atoms with Gasteiger partial charge in [0, 0.05) is 18.4 Å². The van der Waals surface area contributed by atoms with Crippen molar-refractivity contribution < 1.29 is 0 Å². The fourth-order valence-electron chi connectivity index (χ4n) is 2.67. The molecule has 0 saturated carbocycles. The van der Waals surface area contributed by atoms with E-state index in [0.717, 1.165) is 6.42 Å². The van der Waals surface area contributed by atoms with Crippen LogP contribution in [-0.2, 0) is 6.42 Å². The molecule has 2 nitrogen and oxygen atoms in total. The van der Waals surface area contributed by atoms with Gasteiger partial charge in [-0.1, -0.05) is 42.5 Å². The van der Waals surface area contributed by atoms with Gasteiger partial charge in [-0.25, -0.2) is 0 Å².